The van der Waals surface area contributed by atoms with Crippen LogP contribution in [0.4, 0.5) is 0 Å². The number of para-hydroxylation sites is 1. The number of H-pyrrole nitrogens is 1. The zero-order valence-electron chi connectivity index (χ0n) is 16.2. The average molecular weight is 427 g/mol. The fourth-order valence-corrected chi connectivity index (χ4v) is 5.35. The van der Waals surface area contributed by atoms with Crippen LogP contribution in [-0.4, -0.2) is 59.5 Å². The Kier molecular flexibility index (Phi) is 5.54. The fraction of sp³-hybridized carbons (Fsp3) is 0.286. The molecule has 4 rings (SSSR count). The van der Waals surface area contributed by atoms with Crippen molar-refractivity contribution in [3.8, 4) is 0 Å². The van der Waals surface area contributed by atoms with Gasteiger partial charge in [0.15, 0.2) is 22.1 Å². The first-order chi connectivity index (χ1) is 14.4. The number of nitrogens with zero attached hydrogens (tertiary/aromatic N) is 2. The maximum atomic E-state index is 12.9. The lowest BCUT2D eigenvalue weighted by Gasteiger charge is -2.28. The largest absolute Gasteiger partial charge is 0.451 e. The standard InChI is InChI=1S/C21H21N3O5S/c25-19(13-29-21(26)20-17-8-4-5-9-18(17)22-23-20)24(12-15-6-2-1-3-7-15)16-10-11-30(27,28)14-16/h1-9,16H,10-14H2,(H,22,23)/t16-/m0/s1. The number of amides is 1. The molecule has 1 aliphatic rings. The number of sulfone groups is 1. The van der Waals surface area contributed by atoms with Crippen LogP contribution in [0.5, 0.6) is 0 Å². The van der Waals surface area contributed by atoms with Crippen molar-refractivity contribution in [1.29, 1.82) is 0 Å². The lowest BCUT2D eigenvalue weighted by molar-refractivity contribution is -0.137. The van der Waals surface area contributed by atoms with Crippen LogP contribution in [0.3, 0.4) is 0 Å². The van der Waals surface area contributed by atoms with Crippen LogP contribution in [0.15, 0.2) is 54.6 Å². The van der Waals surface area contributed by atoms with Gasteiger partial charge >= 0.3 is 5.97 Å². The molecule has 0 unspecified atom stereocenters. The van der Waals surface area contributed by atoms with Gasteiger partial charge in [-0.25, -0.2) is 13.2 Å². The molecule has 2 heterocycles. The van der Waals surface area contributed by atoms with Gasteiger partial charge in [0.25, 0.3) is 5.91 Å². The molecule has 9 heteroatoms. The van der Waals surface area contributed by atoms with E-state index in [9.17, 15) is 18.0 Å². The quantitative estimate of drug-likeness (QED) is 0.602. The maximum absolute atomic E-state index is 12.9. The highest BCUT2D eigenvalue weighted by Crippen LogP contribution is 2.21. The van der Waals surface area contributed by atoms with E-state index < -0.39 is 34.4 Å². The van der Waals surface area contributed by atoms with E-state index in [1.165, 1.54) is 4.90 Å². The van der Waals surface area contributed by atoms with E-state index >= 15 is 0 Å². The molecule has 2 aromatic carbocycles. The third-order valence-electron chi connectivity index (χ3n) is 5.16. The smallest absolute Gasteiger partial charge is 0.359 e. The molecular formula is C21H21N3O5S. The molecule has 156 valence electrons. The molecule has 0 saturated carbocycles. The zero-order valence-corrected chi connectivity index (χ0v) is 17.0. The predicted octanol–water partition coefficient (Wildman–Crippen LogP) is 1.94. The van der Waals surface area contributed by atoms with Gasteiger partial charge in [-0.2, -0.15) is 5.10 Å². The highest BCUT2D eigenvalue weighted by atomic mass is 32.2. The van der Waals surface area contributed by atoms with E-state index in [1.807, 2.05) is 36.4 Å². The summed E-state index contributed by atoms with van der Waals surface area (Å²) in [5.74, 6) is -1.17. The maximum Gasteiger partial charge on any atom is 0.359 e. The number of hydrogen-bond acceptors (Lipinski definition) is 6. The van der Waals surface area contributed by atoms with Crippen molar-refractivity contribution in [3.05, 3.63) is 65.9 Å². The molecule has 3 aromatic rings. The van der Waals surface area contributed by atoms with Gasteiger partial charge in [0, 0.05) is 18.0 Å². The summed E-state index contributed by atoms with van der Waals surface area (Å²) in [5, 5.41) is 7.34. The Labute approximate surface area is 173 Å². The SMILES string of the molecule is O=C(OCC(=O)N(Cc1ccccc1)[C@H]1CCS(=O)(=O)C1)c1n[nH]c2ccccc12. The lowest BCUT2D eigenvalue weighted by atomic mass is 10.1. The summed E-state index contributed by atoms with van der Waals surface area (Å²) < 4.78 is 29.1. The van der Waals surface area contributed by atoms with Gasteiger partial charge in [0.2, 0.25) is 0 Å². The molecule has 1 atom stereocenters. The number of benzene rings is 2. The number of hydrogen-bond donors (Lipinski definition) is 1. The molecule has 1 aliphatic heterocycles. The van der Waals surface area contributed by atoms with Crippen LogP contribution < -0.4 is 0 Å². The first-order valence-corrected chi connectivity index (χ1v) is 11.4. The summed E-state index contributed by atoms with van der Waals surface area (Å²) in [6.45, 7) is -0.230. The van der Waals surface area contributed by atoms with E-state index in [4.69, 9.17) is 4.74 Å². The van der Waals surface area contributed by atoms with Crippen molar-refractivity contribution < 1.29 is 22.7 Å². The summed E-state index contributed by atoms with van der Waals surface area (Å²) in [6.07, 6.45) is 0.374. The minimum Gasteiger partial charge on any atom is -0.451 e. The molecular weight excluding hydrogens is 406 g/mol. The van der Waals surface area contributed by atoms with Crippen molar-refractivity contribution >= 4 is 32.6 Å². The Balaban J connectivity index is 1.48. The monoisotopic (exact) mass is 427 g/mol. The van der Waals surface area contributed by atoms with Crippen molar-refractivity contribution in [2.45, 2.75) is 19.0 Å². The number of nitrogens with one attached hydrogen (secondary N) is 1. The number of aromatic nitrogens is 2. The average Bonchev–Trinajstić information content (AvgIpc) is 3.33. The molecule has 1 amide bonds. The zero-order chi connectivity index (χ0) is 21.1. The molecule has 1 aromatic heterocycles. The number of ether oxygens (including phenoxy) is 1. The van der Waals surface area contributed by atoms with E-state index in [1.54, 1.807) is 18.2 Å². The van der Waals surface area contributed by atoms with Crippen LogP contribution in [0.1, 0.15) is 22.5 Å². The number of carbonyl (C=O) groups is 2. The Morgan fingerprint density at radius 1 is 1.10 bits per heavy atom. The van der Waals surface area contributed by atoms with Gasteiger partial charge < -0.3 is 9.64 Å². The second-order valence-electron chi connectivity index (χ2n) is 7.26. The topological polar surface area (TPSA) is 109 Å². The molecule has 1 N–H and O–H groups in total. The van der Waals surface area contributed by atoms with E-state index in [0.717, 1.165) is 5.56 Å². The summed E-state index contributed by atoms with van der Waals surface area (Å²) in [6, 6.07) is 16.0. The van der Waals surface area contributed by atoms with Crippen LogP contribution in [0.25, 0.3) is 10.9 Å². The molecule has 0 bridgehead atoms. The molecule has 1 saturated heterocycles. The minimum absolute atomic E-state index is 0.0509. The molecule has 8 nitrogen and oxygen atoms in total. The summed E-state index contributed by atoms with van der Waals surface area (Å²) in [7, 11) is -3.17. The Hall–Kier alpha value is -3.20. The fourth-order valence-electron chi connectivity index (χ4n) is 3.62. The van der Waals surface area contributed by atoms with E-state index in [2.05, 4.69) is 10.2 Å². The predicted molar refractivity (Wildman–Crippen MR) is 110 cm³/mol. The van der Waals surface area contributed by atoms with Gasteiger partial charge in [0.05, 0.1) is 17.0 Å². The van der Waals surface area contributed by atoms with Gasteiger partial charge in [-0.05, 0) is 18.1 Å². The molecule has 30 heavy (non-hydrogen) atoms. The summed E-state index contributed by atoms with van der Waals surface area (Å²) >= 11 is 0. The molecule has 1 fully saturated rings. The number of carbonyl (C=O) groups excluding carboxylic acids is 2. The van der Waals surface area contributed by atoms with Crippen molar-refractivity contribution in [3.63, 3.8) is 0 Å². The van der Waals surface area contributed by atoms with E-state index in [0.29, 0.717) is 17.3 Å². The van der Waals surface area contributed by atoms with Gasteiger partial charge in [-0.15, -0.1) is 0 Å². The third kappa shape index (κ3) is 4.35. The van der Waals surface area contributed by atoms with Crippen molar-refractivity contribution in [2.75, 3.05) is 18.1 Å². The number of esters is 1. The Bertz CT molecular complexity index is 1170. The second kappa shape index (κ2) is 8.27. The highest BCUT2D eigenvalue weighted by Gasteiger charge is 2.35. The number of aromatic amines is 1. The van der Waals surface area contributed by atoms with Crippen LogP contribution >= 0.6 is 0 Å². The number of fused-ring (bicyclic) bond motifs is 1. The van der Waals surface area contributed by atoms with Crippen molar-refractivity contribution in [1.82, 2.24) is 15.1 Å². The van der Waals surface area contributed by atoms with Gasteiger partial charge in [0.1, 0.15) is 0 Å². The Morgan fingerprint density at radius 3 is 2.57 bits per heavy atom. The first-order valence-electron chi connectivity index (χ1n) is 9.57. The molecule has 0 radical (unpaired) electrons. The van der Waals surface area contributed by atoms with Crippen LogP contribution in [0.2, 0.25) is 0 Å². The molecule has 0 spiro atoms. The molecule has 0 aliphatic carbocycles. The lowest BCUT2D eigenvalue weighted by Crippen LogP contribution is -2.42. The second-order valence-corrected chi connectivity index (χ2v) is 9.49. The summed E-state index contributed by atoms with van der Waals surface area (Å²) in [5.41, 5.74) is 1.67. The Morgan fingerprint density at radius 2 is 1.83 bits per heavy atom. The number of rotatable bonds is 6. The van der Waals surface area contributed by atoms with Gasteiger partial charge in [-0.3, -0.25) is 9.89 Å². The highest BCUT2D eigenvalue weighted by molar-refractivity contribution is 7.91. The van der Waals surface area contributed by atoms with E-state index in [-0.39, 0.29) is 23.7 Å². The minimum atomic E-state index is -3.17. The van der Waals surface area contributed by atoms with Crippen LogP contribution in [-0.2, 0) is 25.9 Å². The van der Waals surface area contributed by atoms with Gasteiger partial charge in [-0.1, -0.05) is 48.5 Å². The van der Waals surface area contributed by atoms with Crippen LogP contribution in [0, 0.1) is 0 Å². The summed E-state index contributed by atoms with van der Waals surface area (Å²) in [4.78, 5) is 26.9. The first kappa shape index (κ1) is 20.1. The normalized spacial score (nSPS) is 17.7. The third-order valence-corrected chi connectivity index (χ3v) is 6.91. The van der Waals surface area contributed by atoms with Crippen molar-refractivity contribution in [2.24, 2.45) is 0 Å².